The van der Waals surface area contributed by atoms with Crippen LogP contribution in [0.5, 0.6) is 0 Å². The number of nitrogens with one attached hydrogen (secondary N) is 1. The first-order valence-electron chi connectivity index (χ1n) is 5.92. The van der Waals surface area contributed by atoms with Crippen LogP contribution >= 0.6 is 11.6 Å². The van der Waals surface area contributed by atoms with Gasteiger partial charge in [0.25, 0.3) is 0 Å². The highest BCUT2D eigenvalue weighted by Gasteiger charge is 2.13. The first-order valence-corrected chi connectivity index (χ1v) is 6.30. The largest absolute Gasteiger partial charge is 0.377 e. The molecule has 5 heteroatoms. The molecule has 0 spiro atoms. The number of hydrogen-bond acceptors (Lipinski definition) is 2. The van der Waals surface area contributed by atoms with E-state index in [0.717, 1.165) is 18.2 Å². The van der Waals surface area contributed by atoms with Crippen LogP contribution in [-0.2, 0) is 0 Å². The maximum absolute atomic E-state index is 13.7. The SMILES string of the molecule is CC(Nc1cc(C#N)ccc1Cl)c1cc(F)ccc1F. The number of halogens is 3. The fraction of sp³-hybridized carbons (Fsp3) is 0.133. The molecular weight excluding hydrogens is 282 g/mol. The molecule has 102 valence electrons. The topological polar surface area (TPSA) is 35.8 Å². The van der Waals surface area contributed by atoms with Gasteiger partial charge >= 0.3 is 0 Å². The van der Waals surface area contributed by atoms with Crippen molar-refractivity contribution < 1.29 is 8.78 Å². The Labute approximate surface area is 120 Å². The first-order chi connectivity index (χ1) is 9.51. The lowest BCUT2D eigenvalue weighted by molar-refractivity contribution is 0.577. The highest BCUT2D eigenvalue weighted by molar-refractivity contribution is 6.33. The summed E-state index contributed by atoms with van der Waals surface area (Å²) in [5.41, 5.74) is 1.13. The van der Waals surface area contributed by atoms with E-state index < -0.39 is 17.7 Å². The third-order valence-corrected chi connectivity index (χ3v) is 3.22. The second kappa shape index (κ2) is 5.89. The lowest BCUT2D eigenvalue weighted by atomic mass is 10.1. The molecule has 0 aliphatic carbocycles. The van der Waals surface area contributed by atoms with Gasteiger partial charge < -0.3 is 5.32 Å². The summed E-state index contributed by atoms with van der Waals surface area (Å²) in [6.07, 6.45) is 0. The summed E-state index contributed by atoms with van der Waals surface area (Å²) in [7, 11) is 0. The van der Waals surface area contributed by atoms with Crippen LogP contribution in [0.15, 0.2) is 36.4 Å². The minimum atomic E-state index is -0.507. The predicted molar refractivity (Wildman–Crippen MR) is 74.6 cm³/mol. The highest BCUT2D eigenvalue weighted by Crippen LogP contribution is 2.28. The van der Waals surface area contributed by atoms with Gasteiger partial charge in [-0.15, -0.1) is 0 Å². The van der Waals surface area contributed by atoms with Crippen molar-refractivity contribution in [2.24, 2.45) is 0 Å². The molecular formula is C15H11ClF2N2. The first kappa shape index (κ1) is 14.3. The fourth-order valence-electron chi connectivity index (χ4n) is 1.86. The molecule has 0 aliphatic rings. The standard InChI is InChI=1S/C15H11ClF2N2/c1-9(12-7-11(17)3-5-14(12)18)20-15-6-10(8-19)2-4-13(15)16/h2-7,9,20H,1H3. The van der Waals surface area contributed by atoms with E-state index in [0.29, 0.717) is 16.3 Å². The van der Waals surface area contributed by atoms with Gasteiger partial charge in [-0.3, -0.25) is 0 Å². The number of hydrogen-bond donors (Lipinski definition) is 1. The van der Waals surface area contributed by atoms with E-state index in [2.05, 4.69) is 5.32 Å². The van der Waals surface area contributed by atoms with Crippen LogP contribution < -0.4 is 5.32 Å². The summed E-state index contributed by atoms with van der Waals surface area (Å²) in [6, 6.07) is 9.51. The molecule has 0 saturated carbocycles. The highest BCUT2D eigenvalue weighted by atomic mass is 35.5. The molecule has 0 amide bonds. The Kier molecular flexibility index (Phi) is 4.21. The summed E-state index contributed by atoms with van der Waals surface area (Å²) in [5, 5.41) is 12.2. The molecule has 0 saturated heterocycles. The molecule has 1 atom stereocenters. The van der Waals surface area contributed by atoms with E-state index in [1.54, 1.807) is 25.1 Å². The predicted octanol–water partition coefficient (Wildman–Crippen LogP) is 4.66. The van der Waals surface area contributed by atoms with Gasteiger partial charge in [-0.25, -0.2) is 8.78 Å². The summed E-state index contributed by atoms with van der Waals surface area (Å²) in [5.74, 6) is -1.01. The van der Waals surface area contributed by atoms with Crippen LogP contribution in [0.1, 0.15) is 24.1 Å². The van der Waals surface area contributed by atoms with Crippen LogP contribution in [-0.4, -0.2) is 0 Å². The van der Waals surface area contributed by atoms with Crippen molar-refractivity contribution in [2.45, 2.75) is 13.0 Å². The zero-order chi connectivity index (χ0) is 14.7. The fourth-order valence-corrected chi connectivity index (χ4v) is 2.03. The van der Waals surface area contributed by atoms with Crippen LogP contribution in [0.25, 0.3) is 0 Å². The minimum absolute atomic E-state index is 0.198. The van der Waals surface area contributed by atoms with E-state index in [1.165, 1.54) is 0 Å². The molecule has 2 aromatic rings. The zero-order valence-electron chi connectivity index (χ0n) is 10.6. The van der Waals surface area contributed by atoms with Crippen molar-refractivity contribution in [1.82, 2.24) is 0 Å². The third-order valence-electron chi connectivity index (χ3n) is 2.89. The lowest BCUT2D eigenvalue weighted by Crippen LogP contribution is -2.09. The lowest BCUT2D eigenvalue weighted by Gasteiger charge is -2.17. The molecule has 2 rings (SSSR count). The molecule has 0 heterocycles. The second-order valence-corrected chi connectivity index (χ2v) is 4.75. The van der Waals surface area contributed by atoms with Gasteiger partial charge in [0.15, 0.2) is 0 Å². The molecule has 0 aromatic heterocycles. The van der Waals surface area contributed by atoms with Crippen molar-refractivity contribution >= 4 is 17.3 Å². The summed E-state index contributed by atoms with van der Waals surface area (Å²) < 4.78 is 26.9. The Hall–Kier alpha value is -2.12. The Morgan fingerprint density at radius 3 is 2.65 bits per heavy atom. The molecule has 2 nitrogen and oxygen atoms in total. The van der Waals surface area contributed by atoms with Crippen molar-refractivity contribution in [3.8, 4) is 6.07 Å². The number of benzene rings is 2. The van der Waals surface area contributed by atoms with Gasteiger partial charge in [0.05, 0.1) is 28.4 Å². The molecule has 1 unspecified atom stereocenters. The van der Waals surface area contributed by atoms with Gasteiger partial charge in [-0.05, 0) is 43.3 Å². The van der Waals surface area contributed by atoms with Crippen molar-refractivity contribution in [3.05, 3.63) is 64.2 Å². The Balaban J connectivity index is 2.30. The quantitative estimate of drug-likeness (QED) is 0.893. The van der Waals surface area contributed by atoms with E-state index in [-0.39, 0.29) is 5.56 Å². The monoisotopic (exact) mass is 292 g/mol. The van der Waals surface area contributed by atoms with Crippen LogP contribution in [0, 0.1) is 23.0 Å². The smallest absolute Gasteiger partial charge is 0.128 e. The third kappa shape index (κ3) is 3.06. The van der Waals surface area contributed by atoms with Gasteiger partial charge in [0.2, 0.25) is 0 Å². The second-order valence-electron chi connectivity index (χ2n) is 4.34. The number of rotatable bonds is 3. The van der Waals surface area contributed by atoms with Gasteiger partial charge in [0, 0.05) is 5.56 Å². The Bertz CT molecular complexity index is 680. The van der Waals surface area contributed by atoms with Crippen molar-refractivity contribution in [3.63, 3.8) is 0 Å². The molecule has 0 radical (unpaired) electrons. The molecule has 0 aliphatic heterocycles. The van der Waals surface area contributed by atoms with Crippen molar-refractivity contribution in [2.75, 3.05) is 5.32 Å². The number of nitrogens with zero attached hydrogens (tertiary/aromatic N) is 1. The molecule has 0 fully saturated rings. The van der Waals surface area contributed by atoms with E-state index in [1.807, 2.05) is 6.07 Å². The average Bonchev–Trinajstić information content (AvgIpc) is 2.43. The molecule has 1 N–H and O–H groups in total. The molecule has 20 heavy (non-hydrogen) atoms. The average molecular weight is 293 g/mol. The Morgan fingerprint density at radius 1 is 1.20 bits per heavy atom. The maximum Gasteiger partial charge on any atom is 0.128 e. The number of anilines is 1. The van der Waals surface area contributed by atoms with E-state index >= 15 is 0 Å². The maximum atomic E-state index is 13.7. The minimum Gasteiger partial charge on any atom is -0.377 e. The zero-order valence-corrected chi connectivity index (χ0v) is 11.4. The van der Waals surface area contributed by atoms with E-state index in [9.17, 15) is 8.78 Å². The molecule has 0 bridgehead atoms. The Morgan fingerprint density at radius 2 is 1.95 bits per heavy atom. The summed E-state index contributed by atoms with van der Waals surface area (Å²) >= 11 is 6.02. The van der Waals surface area contributed by atoms with E-state index in [4.69, 9.17) is 16.9 Å². The van der Waals surface area contributed by atoms with Crippen LogP contribution in [0.2, 0.25) is 5.02 Å². The van der Waals surface area contributed by atoms with Gasteiger partial charge in [-0.1, -0.05) is 11.6 Å². The van der Waals surface area contributed by atoms with Gasteiger partial charge in [0.1, 0.15) is 11.6 Å². The number of nitriles is 1. The van der Waals surface area contributed by atoms with Crippen LogP contribution in [0.3, 0.4) is 0 Å². The molecule has 2 aromatic carbocycles. The van der Waals surface area contributed by atoms with Crippen LogP contribution in [0.4, 0.5) is 14.5 Å². The normalized spacial score (nSPS) is 11.8. The van der Waals surface area contributed by atoms with Gasteiger partial charge in [-0.2, -0.15) is 5.26 Å². The summed E-state index contributed by atoms with van der Waals surface area (Å²) in [4.78, 5) is 0. The van der Waals surface area contributed by atoms with Crippen molar-refractivity contribution in [1.29, 1.82) is 5.26 Å². The summed E-state index contributed by atoms with van der Waals surface area (Å²) in [6.45, 7) is 1.69.